The SMILES string of the molecule is CCOC(=O)c1cccc(S(=O)(=O)N2C[C@H](O)C[C@H]2CO)c1. The second kappa shape index (κ2) is 6.74. The number of ether oxygens (including phenoxy) is 1. The van der Waals surface area contributed by atoms with Crippen molar-refractivity contribution in [3.05, 3.63) is 29.8 Å². The molecule has 1 heterocycles. The summed E-state index contributed by atoms with van der Waals surface area (Å²) in [4.78, 5) is 11.6. The van der Waals surface area contributed by atoms with Gasteiger partial charge in [0.2, 0.25) is 10.0 Å². The summed E-state index contributed by atoms with van der Waals surface area (Å²) < 4.78 is 31.2. The maximum absolute atomic E-state index is 12.6. The first-order valence-corrected chi connectivity index (χ1v) is 8.42. The lowest BCUT2D eigenvalue weighted by Crippen LogP contribution is -2.38. The molecule has 2 rings (SSSR count). The molecule has 1 saturated heterocycles. The minimum absolute atomic E-state index is 0.0643. The number of aliphatic hydroxyl groups excluding tert-OH is 2. The van der Waals surface area contributed by atoms with Crippen molar-refractivity contribution in [3.63, 3.8) is 0 Å². The first-order valence-electron chi connectivity index (χ1n) is 6.98. The van der Waals surface area contributed by atoms with Gasteiger partial charge in [0.05, 0.1) is 35.8 Å². The Morgan fingerprint density at radius 2 is 2.18 bits per heavy atom. The summed E-state index contributed by atoms with van der Waals surface area (Å²) in [5.41, 5.74) is 0.142. The summed E-state index contributed by atoms with van der Waals surface area (Å²) in [6, 6.07) is 4.88. The Hall–Kier alpha value is -1.48. The van der Waals surface area contributed by atoms with Gasteiger partial charge in [-0.05, 0) is 31.5 Å². The largest absolute Gasteiger partial charge is 0.462 e. The summed E-state index contributed by atoms with van der Waals surface area (Å²) in [5, 5.41) is 18.9. The van der Waals surface area contributed by atoms with Crippen molar-refractivity contribution in [2.75, 3.05) is 19.8 Å². The lowest BCUT2D eigenvalue weighted by Gasteiger charge is -2.22. The first kappa shape index (κ1) is 16.9. The van der Waals surface area contributed by atoms with Crippen LogP contribution in [0.2, 0.25) is 0 Å². The lowest BCUT2D eigenvalue weighted by molar-refractivity contribution is 0.0526. The van der Waals surface area contributed by atoms with E-state index in [0.29, 0.717) is 0 Å². The van der Waals surface area contributed by atoms with Crippen LogP contribution in [0.4, 0.5) is 0 Å². The zero-order valence-corrected chi connectivity index (χ0v) is 13.0. The molecule has 0 radical (unpaired) electrons. The van der Waals surface area contributed by atoms with E-state index >= 15 is 0 Å². The molecular formula is C14H19NO6S. The molecule has 1 aromatic rings. The molecule has 122 valence electrons. The molecule has 0 aliphatic carbocycles. The number of carbonyl (C=O) groups excluding carboxylic acids is 1. The van der Waals surface area contributed by atoms with E-state index in [0.717, 1.165) is 4.31 Å². The van der Waals surface area contributed by atoms with Crippen LogP contribution in [-0.2, 0) is 14.8 Å². The van der Waals surface area contributed by atoms with Crippen molar-refractivity contribution in [1.82, 2.24) is 4.31 Å². The molecule has 1 aliphatic heterocycles. The third kappa shape index (κ3) is 3.30. The first-order chi connectivity index (χ1) is 10.4. The van der Waals surface area contributed by atoms with Gasteiger partial charge in [-0.1, -0.05) is 6.07 Å². The van der Waals surface area contributed by atoms with Crippen LogP contribution < -0.4 is 0 Å². The summed E-state index contributed by atoms with van der Waals surface area (Å²) >= 11 is 0. The number of hydrogen-bond acceptors (Lipinski definition) is 6. The van der Waals surface area contributed by atoms with Crippen LogP contribution >= 0.6 is 0 Å². The summed E-state index contributed by atoms with van der Waals surface area (Å²) in [6.45, 7) is 1.42. The standard InChI is InChI=1S/C14H19NO6S/c1-2-21-14(18)10-4-3-5-13(6-10)22(19,20)15-8-12(17)7-11(15)9-16/h3-6,11-12,16-17H,2,7-9H2,1H3/t11-,12+/m0/s1. The average Bonchev–Trinajstić information content (AvgIpc) is 2.89. The van der Waals surface area contributed by atoms with Gasteiger partial charge in [0.1, 0.15) is 0 Å². The molecule has 22 heavy (non-hydrogen) atoms. The number of carbonyl (C=O) groups is 1. The molecule has 0 spiro atoms. The van der Waals surface area contributed by atoms with E-state index in [1.807, 2.05) is 0 Å². The molecule has 0 unspecified atom stereocenters. The molecule has 0 bridgehead atoms. The second-order valence-corrected chi connectivity index (χ2v) is 6.94. The zero-order valence-electron chi connectivity index (χ0n) is 12.2. The number of β-amino-alcohol motifs (C(OH)–C–C–N with tert-alkyl or cyclic N) is 1. The smallest absolute Gasteiger partial charge is 0.338 e. The molecular weight excluding hydrogens is 310 g/mol. The molecule has 1 aromatic carbocycles. The van der Waals surface area contributed by atoms with Crippen LogP contribution in [-0.4, -0.2) is 60.8 Å². The van der Waals surface area contributed by atoms with E-state index in [4.69, 9.17) is 4.74 Å². The molecule has 8 heteroatoms. The number of esters is 1. The Labute approximate surface area is 129 Å². The Morgan fingerprint density at radius 1 is 1.45 bits per heavy atom. The van der Waals surface area contributed by atoms with Gasteiger partial charge >= 0.3 is 5.97 Å². The Morgan fingerprint density at radius 3 is 2.82 bits per heavy atom. The van der Waals surface area contributed by atoms with Crippen LogP contribution in [0.15, 0.2) is 29.2 Å². The normalized spacial score (nSPS) is 22.7. The summed E-state index contributed by atoms with van der Waals surface area (Å²) in [7, 11) is -3.90. The number of rotatable bonds is 5. The van der Waals surface area contributed by atoms with Gasteiger partial charge in [-0.25, -0.2) is 13.2 Å². The molecule has 1 fully saturated rings. The third-order valence-electron chi connectivity index (χ3n) is 3.50. The summed E-state index contributed by atoms with van der Waals surface area (Å²) in [6.07, 6.45) is -0.618. The average molecular weight is 329 g/mol. The third-order valence-corrected chi connectivity index (χ3v) is 5.42. The molecule has 2 atom stereocenters. The fourth-order valence-corrected chi connectivity index (χ4v) is 4.17. The predicted octanol–water partition coefficient (Wildman–Crippen LogP) is -0.0205. The molecule has 0 aromatic heterocycles. The highest BCUT2D eigenvalue weighted by atomic mass is 32.2. The topological polar surface area (TPSA) is 104 Å². The maximum Gasteiger partial charge on any atom is 0.338 e. The number of sulfonamides is 1. The Kier molecular flexibility index (Phi) is 5.17. The van der Waals surface area contributed by atoms with E-state index in [-0.39, 0.29) is 36.6 Å². The van der Waals surface area contributed by atoms with E-state index in [2.05, 4.69) is 0 Å². The fourth-order valence-electron chi connectivity index (χ4n) is 2.46. The highest BCUT2D eigenvalue weighted by Gasteiger charge is 2.39. The van der Waals surface area contributed by atoms with E-state index in [1.165, 1.54) is 24.3 Å². The number of nitrogens with zero attached hydrogens (tertiary/aromatic N) is 1. The molecule has 7 nitrogen and oxygen atoms in total. The minimum Gasteiger partial charge on any atom is -0.462 e. The minimum atomic E-state index is -3.90. The van der Waals surface area contributed by atoms with Crippen molar-refractivity contribution in [2.24, 2.45) is 0 Å². The van der Waals surface area contributed by atoms with Crippen LogP contribution in [0.1, 0.15) is 23.7 Å². The van der Waals surface area contributed by atoms with Gasteiger partial charge in [-0.3, -0.25) is 0 Å². The van der Waals surface area contributed by atoms with E-state index in [1.54, 1.807) is 6.92 Å². The van der Waals surface area contributed by atoms with Gasteiger partial charge in [-0.15, -0.1) is 0 Å². The second-order valence-electron chi connectivity index (χ2n) is 5.05. The number of hydrogen-bond donors (Lipinski definition) is 2. The van der Waals surface area contributed by atoms with E-state index < -0.39 is 28.1 Å². The zero-order chi connectivity index (χ0) is 16.3. The molecule has 0 saturated carbocycles. The molecule has 1 aliphatic rings. The maximum atomic E-state index is 12.6. The quantitative estimate of drug-likeness (QED) is 0.736. The van der Waals surface area contributed by atoms with Gasteiger partial charge < -0.3 is 14.9 Å². The highest BCUT2D eigenvalue weighted by molar-refractivity contribution is 7.89. The van der Waals surface area contributed by atoms with Crippen LogP contribution in [0.25, 0.3) is 0 Å². The Bertz CT molecular complexity index is 644. The van der Waals surface area contributed by atoms with Gasteiger partial charge in [0.15, 0.2) is 0 Å². The van der Waals surface area contributed by atoms with Crippen LogP contribution in [0, 0.1) is 0 Å². The van der Waals surface area contributed by atoms with Crippen molar-refractivity contribution in [1.29, 1.82) is 0 Å². The van der Waals surface area contributed by atoms with Crippen molar-refractivity contribution in [2.45, 2.75) is 30.4 Å². The van der Waals surface area contributed by atoms with Gasteiger partial charge in [0.25, 0.3) is 0 Å². The lowest BCUT2D eigenvalue weighted by atomic mass is 10.2. The van der Waals surface area contributed by atoms with Crippen molar-refractivity contribution >= 4 is 16.0 Å². The fraction of sp³-hybridized carbons (Fsp3) is 0.500. The number of aliphatic hydroxyl groups is 2. The van der Waals surface area contributed by atoms with Crippen LogP contribution in [0.5, 0.6) is 0 Å². The highest BCUT2D eigenvalue weighted by Crippen LogP contribution is 2.26. The predicted molar refractivity (Wildman–Crippen MR) is 77.8 cm³/mol. The molecule has 0 amide bonds. The van der Waals surface area contributed by atoms with E-state index in [9.17, 15) is 23.4 Å². The Balaban J connectivity index is 2.34. The van der Waals surface area contributed by atoms with Gasteiger partial charge in [0, 0.05) is 6.54 Å². The summed E-state index contributed by atoms with van der Waals surface area (Å²) in [5.74, 6) is -0.597. The number of benzene rings is 1. The van der Waals surface area contributed by atoms with Crippen molar-refractivity contribution in [3.8, 4) is 0 Å². The molecule has 2 N–H and O–H groups in total. The van der Waals surface area contributed by atoms with Crippen LogP contribution in [0.3, 0.4) is 0 Å². The van der Waals surface area contributed by atoms with Gasteiger partial charge in [-0.2, -0.15) is 4.31 Å². The van der Waals surface area contributed by atoms with Crippen molar-refractivity contribution < 1.29 is 28.2 Å². The monoisotopic (exact) mass is 329 g/mol.